The van der Waals surface area contributed by atoms with E-state index >= 15 is 0 Å². The predicted octanol–water partition coefficient (Wildman–Crippen LogP) is 0.0122. The molecule has 0 bridgehead atoms. The summed E-state index contributed by atoms with van der Waals surface area (Å²) in [5.74, 6) is 0.875. The van der Waals surface area contributed by atoms with Crippen molar-refractivity contribution in [3.8, 4) is 0 Å². The zero-order valence-electron chi connectivity index (χ0n) is 9.02. The Balaban J connectivity index is 2.15. The van der Waals surface area contributed by atoms with Crippen LogP contribution in [0.5, 0.6) is 0 Å². The predicted molar refractivity (Wildman–Crippen MR) is 59.9 cm³/mol. The van der Waals surface area contributed by atoms with E-state index in [0.717, 1.165) is 12.8 Å². The first-order valence-electron chi connectivity index (χ1n) is 5.29. The molecule has 1 fully saturated rings. The topological polar surface area (TPSA) is 93.3 Å². The van der Waals surface area contributed by atoms with Crippen LogP contribution in [0.2, 0.25) is 0 Å². The molecule has 0 aliphatic carbocycles. The lowest BCUT2D eigenvalue weighted by Gasteiger charge is -2.36. The molecular weight excluding hydrogens is 208 g/mol. The molecular formula is C10H16N4O2. The van der Waals surface area contributed by atoms with Gasteiger partial charge in [-0.15, -0.1) is 0 Å². The summed E-state index contributed by atoms with van der Waals surface area (Å²) in [6.07, 6.45) is 4.58. The van der Waals surface area contributed by atoms with Crippen molar-refractivity contribution < 1.29 is 9.84 Å². The molecule has 1 aliphatic rings. The average Bonchev–Trinajstić information content (AvgIpc) is 2.33. The van der Waals surface area contributed by atoms with Gasteiger partial charge in [0.25, 0.3) is 0 Å². The Bertz CT molecular complexity index is 352. The van der Waals surface area contributed by atoms with Gasteiger partial charge in [0.15, 0.2) is 11.6 Å². The van der Waals surface area contributed by atoms with Crippen LogP contribution < -0.4 is 11.1 Å². The monoisotopic (exact) mass is 224 g/mol. The summed E-state index contributed by atoms with van der Waals surface area (Å²) in [4.78, 5) is 8.06. The lowest BCUT2D eigenvalue weighted by molar-refractivity contribution is 0.0378. The van der Waals surface area contributed by atoms with Crippen molar-refractivity contribution in [2.75, 3.05) is 30.9 Å². The van der Waals surface area contributed by atoms with Gasteiger partial charge in [0, 0.05) is 25.6 Å². The fraction of sp³-hybridized carbons (Fsp3) is 0.600. The van der Waals surface area contributed by atoms with Gasteiger partial charge in [-0.1, -0.05) is 0 Å². The van der Waals surface area contributed by atoms with Gasteiger partial charge in [-0.3, -0.25) is 0 Å². The third-order valence-electron chi connectivity index (χ3n) is 2.86. The zero-order chi connectivity index (χ0) is 11.4. The molecule has 2 rings (SSSR count). The molecule has 6 nitrogen and oxygen atoms in total. The lowest BCUT2D eigenvalue weighted by Crippen LogP contribution is -2.47. The largest absolute Gasteiger partial charge is 0.394 e. The number of hydrogen-bond donors (Lipinski definition) is 3. The molecule has 4 N–H and O–H groups in total. The first-order valence-corrected chi connectivity index (χ1v) is 5.29. The van der Waals surface area contributed by atoms with Crippen LogP contribution in [0.4, 0.5) is 11.6 Å². The Labute approximate surface area is 93.9 Å². The minimum Gasteiger partial charge on any atom is -0.394 e. The Hall–Kier alpha value is -1.40. The number of ether oxygens (including phenoxy) is 1. The molecule has 0 atom stereocenters. The second-order valence-corrected chi connectivity index (χ2v) is 3.97. The third kappa shape index (κ3) is 2.23. The number of aliphatic hydroxyl groups excluding tert-OH is 1. The minimum absolute atomic E-state index is 0.0341. The summed E-state index contributed by atoms with van der Waals surface area (Å²) < 4.78 is 5.28. The number of nitrogens with zero attached hydrogens (tertiary/aromatic N) is 2. The lowest BCUT2D eigenvalue weighted by atomic mass is 9.91. The van der Waals surface area contributed by atoms with Crippen molar-refractivity contribution in [2.24, 2.45) is 0 Å². The van der Waals surface area contributed by atoms with E-state index in [4.69, 9.17) is 10.5 Å². The molecule has 1 aromatic heterocycles. The summed E-state index contributed by atoms with van der Waals surface area (Å²) in [6.45, 7) is 1.30. The van der Waals surface area contributed by atoms with Crippen LogP contribution >= 0.6 is 0 Å². The highest BCUT2D eigenvalue weighted by atomic mass is 16.5. The van der Waals surface area contributed by atoms with Crippen LogP contribution in [-0.2, 0) is 4.74 Å². The van der Waals surface area contributed by atoms with Crippen molar-refractivity contribution >= 4 is 11.6 Å². The molecule has 1 aliphatic heterocycles. The number of nitrogens with one attached hydrogen (secondary N) is 1. The second kappa shape index (κ2) is 4.63. The number of aliphatic hydroxyl groups is 1. The van der Waals surface area contributed by atoms with Crippen molar-refractivity contribution in [3.05, 3.63) is 12.4 Å². The quantitative estimate of drug-likeness (QED) is 0.669. The van der Waals surface area contributed by atoms with E-state index in [0.29, 0.717) is 24.8 Å². The van der Waals surface area contributed by atoms with Gasteiger partial charge in [-0.2, -0.15) is 0 Å². The maximum absolute atomic E-state index is 9.49. The molecule has 0 unspecified atom stereocenters. The van der Waals surface area contributed by atoms with Crippen LogP contribution in [0.1, 0.15) is 12.8 Å². The van der Waals surface area contributed by atoms with Gasteiger partial charge < -0.3 is 20.9 Å². The summed E-state index contributed by atoms with van der Waals surface area (Å²) in [5, 5.41) is 12.7. The highest BCUT2D eigenvalue weighted by Crippen LogP contribution is 2.26. The second-order valence-electron chi connectivity index (χ2n) is 3.97. The van der Waals surface area contributed by atoms with Crippen LogP contribution in [0.25, 0.3) is 0 Å². The Kier molecular flexibility index (Phi) is 3.21. The molecule has 0 spiro atoms. The normalized spacial score (nSPS) is 19.3. The molecule has 2 heterocycles. The van der Waals surface area contributed by atoms with E-state index in [9.17, 15) is 5.11 Å². The van der Waals surface area contributed by atoms with Gasteiger partial charge in [0.2, 0.25) is 0 Å². The number of nitrogens with two attached hydrogens (primary N) is 1. The number of rotatable bonds is 3. The van der Waals surface area contributed by atoms with Crippen molar-refractivity contribution in [1.82, 2.24) is 9.97 Å². The molecule has 0 saturated carbocycles. The maximum atomic E-state index is 9.49. The van der Waals surface area contributed by atoms with Crippen LogP contribution in [0.3, 0.4) is 0 Å². The molecule has 0 radical (unpaired) electrons. The van der Waals surface area contributed by atoms with E-state index in [-0.39, 0.29) is 12.1 Å². The van der Waals surface area contributed by atoms with Gasteiger partial charge in [-0.25, -0.2) is 9.97 Å². The smallest absolute Gasteiger partial charge is 0.169 e. The molecule has 0 aromatic carbocycles. The van der Waals surface area contributed by atoms with E-state index < -0.39 is 0 Å². The number of anilines is 2. The van der Waals surface area contributed by atoms with E-state index in [1.807, 2.05) is 0 Å². The SMILES string of the molecule is Nc1nccnc1NC1(CO)CCOCC1. The van der Waals surface area contributed by atoms with E-state index in [1.165, 1.54) is 6.20 Å². The zero-order valence-corrected chi connectivity index (χ0v) is 9.02. The Morgan fingerprint density at radius 2 is 2.06 bits per heavy atom. The number of aromatic nitrogens is 2. The van der Waals surface area contributed by atoms with Gasteiger partial charge >= 0.3 is 0 Å². The van der Waals surface area contributed by atoms with E-state index in [1.54, 1.807) is 6.20 Å². The Morgan fingerprint density at radius 1 is 1.38 bits per heavy atom. The molecule has 0 amide bonds. The Morgan fingerprint density at radius 3 is 2.69 bits per heavy atom. The van der Waals surface area contributed by atoms with Gasteiger partial charge in [0.05, 0.1) is 12.1 Å². The number of nitrogen functional groups attached to an aromatic ring is 1. The first kappa shape index (κ1) is 11.1. The fourth-order valence-corrected chi connectivity index (χ4v) is 1.78. The third-order valence-corrected chi connectivity index (χ3v) is 2.86. The molecule has 1 saturated heterocycles. The fourth-order valence-electron chi connectivity index (χ4n) is 1.78. The standard InChI is InChI=1S/C10H16N4O2/c11-8-9(13-4-3-12-8)14-10(7-15)1-5-16-6-2-10/h3-4,15H,1-2,5-7H2,(H2,11,12)(H,13,14). The van der Waals surface area contributed by atoms with Gasteiger partial charge in [-0.05, 0) is 12.8 Å². The molecule has 6 heteroatoms. The minimum atomic E-state index is -0.387. The summed E-state index contributed by atoms with van der Waals surface area (Å²) in [7, 11) is 0. The van der Waals surface area contributed by atoms with Crippen molar-refractivity contribution in [1.29, 1.82) is 0 Å². The summed E-state index contributed by atoms with van der Waals surface area (Å²) in [5.41, 5.74) is 5.32. The maximum Gasteiger partial charge on any atom is 0.169 e. The highest BCUT2D eigenvalue weighted by molar-refractivity contribution is 5.56. The summed E-state index contributed by atoms with van der Waals surface area (Å²) in [6, 6.07) is 0. The molecule has 1 aromatic rings. The van der Waals surface area contributed by atoms with Crippen LogP contribution in [0.15, 0.2) is 12.4 Å². The van der Waals surface area contributed by atoms with Crippen molar-refractivity contribution in [2.45, 2.75) is 18.4 Å². The average molecular weight is 224 g/mol. The van der Waals surface area contributed by atoms with Crippen molar-refractivity contribution in [3.63, 3.8) is 0 Å². The summed E-state index contributed by atoms with van der Waals surface area (Å²) >= 11 is 0. The highest BCUT2D eigenvalue weighted by Gasteiger charge is 2.32. The first-order chi connectivity index (χ1) is 7.76. The van der Waals surface area contributed by atoms with E-state index in [2.05, 4.69) is 15.3 Å². The molecule has 16 heavy (non-hydrogen) atoms. The molecule has 88 valence electrons. The van der Waals surface area contributed by atoms with Crippen LogP contribution in [-0.4, -0.2) is 40.4 Å². The van der Waals surface area contributed by atoms with Crippen LogP contribution in [0, 0.1) is 0 Å². The van der Waals surface area contributed by atoms with Gasteiger partial charge in [0.1, 0.15) is 0 Å². The number of hydrogen-bond acceptors (Lipinski definition) is 6.